The molecular weight excluding hydrogens is 426 g/mol. The Morgan fingerprint density at radius 3 is 2.41 bits per heavy atom. The van der Waals surface area contributed by atoms with Crippen molar-refractivity contribution in [3.8, 4) is 11.1 Å². The van der Waals surface area contributed by atoms with Crippen LogP contribution in [-0.4, -0.2) is 35.0 Å². The van der Waals surface area contributed by atoms with Gasteiger partial charge < -0.3 is 15.0 Å². The zero-order valence-electron chi connectivity index (χ0n) is 18.9. The standard InChI is InChI=1S/C28H25N3O3/c1-2-34-27(32)24-18-31(17-16-23-22-10-6-7-11-25(22)30-26(23)24)28(33)29-21-14-12-20(13-15-21)19-8-4-3-5-9-19/h3-15,18,30H,2,16-17H2,1H3,(H,29,33). The lowest BCUT2D eigenvalue weighted by Crippen LogP contribution is -2.32. The monoisotopic (exact) mass is 451 g/mol. The van der Waals surface area contributed by atoms with Crippen LogP contribution in [0.15, 0.2) is 85.1 Å². The molecule has 0 saturated carbocycles. The van der Waals surface area contributed by atoms with Crippen LogP contribution in [0.2, 0.25) is 0 Å². The van der Waals surface area contributed by atoms with Gasteiger partial charge in [0.25, 0.3) is 0 Å². The number of anilines is 1. The number of carbonyl (C=O) groups excluding carboxylic acids is 2. The highest BCUT2D eigenvalue weighted by molar-refractivity contribution is 6.18. The molecule has 170 valence electrons. The summed E-state index contributed by atoms with van der Waals surface area (Å²) in [7, 11) is 0. The number of benzene rings is 3. The van der Waals surface area contributed by atoms with Crippen molar-refractivity contribution in [1.82, 2.24) is 9.88 Å². The number of esters is 1. The SMILES string of the molecule is CCOC(=O)C1=CN(C(=O)Nc2ccc(-c3ccccc3)cc2)CCc2c1[nH]c1ccccc21. The van der Waals surface area contributed by atoms with Crippen molar-refractivity contribution < 1.29 is 14.3 Å². The molecule has 0 aliphatic carbocycles. The van der Waals surface area contributed by atoms with Crippen molar-refractivity contribution in [1.29, 1.82) is 0 Å². The van der Waals surface area contributed by atoms with Gasteiger partial charge in [0.2, 0.25) is 0 Å². The topological polar surface area (TPSA) is 74.4 Å². The fraction of sp³-hybridized carbons (Fsp3) is 0.143. The van der Waals surface area contributed by atoms with Gasteiger partial charge in [-0.25, -0.2) is 9.59 Å². The molecule has 0 bridgehead atoms. The number of carbonyl (C=O) groups is 2. The lowest BCUT2D eigenvalue weighted by molar-refractivity contribution is -0.136. The highest BCUT2D eigenvalue weighted by Gasteiger charge is 2.27. The van der Waals surface area contributed by atoms with E-state index in [4.69, 9.17) is 4.74 Å². The van der Waals surface area contributed by atoms with Crippen LogP contribution in [0.5, 0.6) is 0 Å². The maximum Gasteiger partial charge on any atom is 0.341 e. The number of H-pyrrole nitrogens is 1. The number of aromatic amines is 1. The van der Waals surface area contributed by atoms with Gasteiger partial charge in [-0.2, -0.15) is 0 Å². The van der Waals surface area contributed by atoms with E-state index in [1.807, 2.05) is 78.9 Å². The number of fused-ring (bicyclic) bond motifs is 3. The molecule has 0 radical (unpaired) electrons. The van der Waals surface area contributed by atoms with E-state index >= 15 is 0 Å². The summed E-state index contributed by atoms with van der Waals surface area (Å²) in [6, 6.07) is 25.4. The van der Waals surface area contributed by atoms with Crippen LogP contribution in [0.3, 0.4) is 0 Å². The summed E-state index contributed by atoms with van der Waals surface area (Å²) >= 11 is 0. The molecule has 34 heavy (non-hydrogen) atoms. The second-order valence-electron chi connectivity index (χ2n) is 8.10. The number of hydrogen-bond donors (Lipinski definition) is 2. The summed E-state index contributed by atoms with van der Waals surface area (Å²) in [6.07, 6.45) is 2.20. The summed E-state index contributed by atoms with van der Waals surface area (Å²) < 4.78 is 5.31. The fourth-order valence-corrected chi connectivity index (χ4v) is 4.30. The molecule has 2 heterocycles. The number of amides is 2. The highest BCUT2D eigenvalue weighted by atomic mass is 16.5. The third-order valence-electron chi connectivity index (χ3n) is 5.97. The number of nitrogens with one attached hydrogen (secondary N) is 2. The van der Waals surface area contributed by atoms with Gasteiger partial charge in [-0.3, -0.25) is 4.90 Å². The molecule has 1 aliphatic rings. The van der Waals surface area contributed by atoms with Crippen LogP contribution in [0.1, 0.15) is 18.2 Å². The van der Waals surface area contributed by atoms with Crippen molar-refractivity contribution in [2.45, 2.75) is 13.3 Å². The molecule has 0 saturated heterocycles. The van der Waals surface area contributed by atoms with E-state index in [1.165, 1.54) is 0 Å². The molecule has 6 nitrogen and oxygen atoms in total. The first-order chi connectivity index (χ1) is 16.6. The lowest BCUT2D eigenvalue weighted by atomic mass is 10.0. The fourth-order valence-electron chi connectivity index (χ4n) is 4.30. The van der Waals surface area contributed by atoms with E-state index in [-0.39, 0.29) is 12.6 Å². The van der Waals surface area contributed by atoms with E-state index in [9.17, 15) is 9.59 Å². The second-order valence-corrected chi connectivity index (χ2v) is 8.10. The Balaban J connectivity index is 1.41. The maximum atomic E-state index is 13.1. The number of urea groups is 1. The minimum Gasteiger partial charge on any atom is -0.462 e. The van der Waals surface area contributed by atoms with Crippen molar-refractivity contribution in [3.05, 3.63) is 96.3 Å². The van der Waals surface area contributed by atoms with E-state index in [0.29, 0.717) is 29.9 Å². The van der Waals surface area contributed by atoms with E-state index < -0.39 is 5.97 Å². The molecule has 6 heteroatoms. The van der Waals surface area contributed by atoms with Crippen LogP contribution < -0.4 is 5.32 Å². The minimum atomic E-state index is -0.456. The van der Waals surface area contributed by atoms with Crippen LogP contribution in [0, 0.1) is 0 Å². The van der Waals surface area contributed by atoms with Gasteiger partial charge in [-0.05, 0) is 48.2 Å². The van der Waals surface area contributed by atoms with Gasteiger partial charge in [-0.15, -0.1) is 0 Å². The first-order valence-corrected chi connectivity index (χ1v) is 11.4. The van der Waals surface area contributed by atoms with Crippen LogP contribution >= 0.6 is 0 Å². The highest BCUT2D eigenvalue weighted by Crippen LogP contribution is 2.31. The Labute approximate surface area is 197 Å². The molecule has 5 rings (SSSR count). The maximum absolute atomic E-state index is 13.1. The Kier molecular flexibility index (Phi) is 5.87. The first kappa shape index (κ1) is 21.5. The quantitative estimate of drug-likeness (QED) is 0.384. The predicted octanol–water partition coefficient (Wildman–Crippen LogP) is 5.83. The summed E-state index contributed by atoms with van der Waals surface area (Å²) in [5, 5.41) is 3.99. The lowest BCUT2D eigenvalue weighted by Gasteiger charge is -2.18. The first-order valence-electron chi connectivity index (χ1n) is 11.4. The number of nitrogens with zero attached hydrogens (tertiary/aromatic N) is 1. The van der Waals surface area contributed by atoms with E-state index in [0.717, 1.165) is 27.6 Å². The zero-order chi connectivity index (χ0) is 23.5. The Hall–Kier alpha value is -4.32. The molecule has 3 aromatic carbocycles. The summed E-state index contributed by atoms with van der Waals surface area (Å²) in [5.74, 6) is -0.456. The van der Waals surface area contributed by atoms with Crippen molar-refractivity contribution in [2.75, 3.05) is 18.5 Å². The summed E-state index contributed by atoms with van der Waals surface area (Å²) in [4.78, 5) is 30.9. The molecular formula is C28H25N3O3. The third kappa shape index (κ3) is 4.18. The minimum absolute atomic E-state index is 0.256. The van der Waals surface area contributed by atoms with Crippen LogP contribution in [-0.2, 0) is 16.0 Å². The van der Waals surface area contributed by atoms with Gasteiger partial charge in [0.15, 0.2) is 0 Å². The second kappa shape index (κ2) is 9.27. The third-order valence-corrected chi connectivity index (χ3v) is 5.97. The molecule has 0 atom stereocenters. The molecule has 4 aromatic rings. The number of aromatic nitrogens is 1. The van der Waals surface area contributed by atoms with Crippen molar-refractivity contribution in [2.24, 2.45) is 0 Å². The van der Waals surface area contributed by atoms with E-state index in [1.54, 1.807) is 18.0 Å². The van der Waals surface area contributed by atoms with Gasteiger partial charge in [-0.1, -0.05) is 60.7 Å². The number of ether oxygens (including phenoxy) is 1. The number of hydrogen-bond acceptors (Lipinski definition) is 3. The van der Waals surface area contributed by atoms with E-state index in [2.05, 4.69) is 10.3 Å². The Morgan fingerprint density at radius 2 is 1.65 bits per heavy atom. The van der Waals surface area contributed by atoms with Gasteiger partial charge in [0.1, 0.15) is 0 Å². The molecule has 0 fully saturated rings. The summed E-state index contributed by atoms with van der Waals surface area (Å²) in [5.41, 5.74) is 5.90. The Morgan fingerprint density at radius 1 is 0.941 bits per heavy atom. The molecule has 2 amide bonds. The smallest absolute Gasteiger partial charge is 0.341 e. The normalized spacial score (nSPS) is 13.1. The average molecular weight is 452 g/mol. The Bertz CT molecular complexity index is 1370. The van der Waals surface area contributed by atoms with Crippen molar-refractivity contribution in [3.63, 3.8) is 0 Å². The molecule has 0 spiro atoms. The van der Waals surface area contributed by atoms with Crippen molar-refractivity contribution >= 4 is 34.2 Å². The number of para-hydroxylation sites is 1. The molecule has 1 aliphatic heterocycles. The van der Waals surface area contributed by atoms with Gasteiger partial charge in [0.05, 0.1) is 17.9 Å². The average Bonchev–Trinajstić information content (AvgIpc) is 3.12. The summed E-state index contributed by atoms with van der Waals surface area (Å²) in [6.45, 7) is 2.46. The predicted molar refractivity (Wildman–Crippen MR) is 134 cm³/mol. The van der Waals surface area contributed by atoms with Crippen LogP contribution in [0.25, 0.3) is 27.6 Å². The van der Waals surface area contributed by atoms with Gasteiger partial charge in [0, 0.05) is 29.3 Å². The van der Waals surface area contributed by atoms with Crippen LogP contribution in [0.4, 0.5) is 10.5 Å². The largest absolute Gasteiger partial charge is 0.462 e. The molecule has 2 N–H and O–H groups in total. The number of rotatable bonds is 4. The zero-order valence-corrected chi connectivity index (χ0v) is 18.9. The molecule has 0 unspecified atom stereocenters. The van der Waals surface area contributed by atoms with Gasteiger partial charge >= 0.3 is 12.0 Å². The molecule has 1 aromatic heterocycles.